The van der Waals surface area contributed by atoms with Crippen molar-refractivity contribution < 1.29 is 18.3 Å². The van der Waals surface area contributed by atoms with Crippen LogP contribution in [0.1, 0.15) is 12.0 Å². The fourth-order valence-corrected chi connectivity index (χ4v) is 2.98. The summed E-state index contributed by atoms with van der Waals surface area (Å²) in [7, 11) is 0. The molecule has 1 heterocycles. The van der Waals surface area contributed by atoms with Crippen molar-refractivity contribution in [1.82, 2.24) is 10.2 Å². The molecule has 1 aromatic rings. The number of likely N-dealkylation sites (tertiary alicyclic amines) is 1. The van der Waals surface area contributed by atoms with Gasteiger partial charge in [-0.15, -0.1) is 0 Å². The number of carbonyl (C=O) groups is 3. The lowest BCUT2D eigenvalue weighted by Gasteiger charge is -2.19. The average molecular weight is 357 g/mol. The van der Waals surface area contributed by atoms with Crippen molar-refractivity contribution in [3.05, 3.63) is 23.8 Å². The summed E-state index contributed by atoms with van der Waals surface area (Å²) in [4.78, 5) is 36.2. The molecule has 9 heteroatoms. The van der Waals surface area contributed by atoms with Crippen LogP contribution in [-0.4, -0.2) is 41.1 Å². The Hall–Kier alpha value is -1.74. The number of nitrogens with one attached hydrogen (secondary N) is 2. The van der Waals surface area contributed by atoms with Crippen LogP contribution in [0.15, 0.2) is 23.1 Å². The van der Waals surface area contributed by atoms with Crippen LogP contribution < -0.4 is 10.6 Å². The van der Waals surface area contributed by atoms with Crippen LogP contribution in [0.4, 0.5) is 14.4 Å². The molecule has 0 bridgehead atoms. The van der Waals surface area contributed by atoms with Crippen LogP contribution in [-0.2, 0) is 9.59 Å². The van der Waals surface area contributed by atoms with Gasteiger partial charge in [0.25, 0.3) is 5.24 Å². The molecule has 0 saturated carbocycles. The fourth-order valence-electron chi connectivity index (χ4n) is 2.51. The van der Waals surface area contributed by atoms with E-state index in [1.54, 1.807) is 19.1 Å². The minimum absolute atomic E-state index is 0.0894. The first-order chi connectivity index (χ1) is 10.9. The maximum atomic E-state index is 12.7. The van der Waals surface area contributed by atoms with Crippen molar-refractivity contribution in [3.63, 3.8) is 0 Å². The third kappa shape index (κ3) is 4.38. The Kier molecular flexibility index (Phi) is 5.89. The summed E-state index contributed by atoms with van der Waals surface area (Å²) >= 11 is 3.72. The zero-order valence-corrected chi connectivity index (χ0v) is 14.0. The van der Waals surface area contributed by atoms with Gasteiger partial charge in [-0.2, -0.15) is 3.89 Å². The highest BCUT2D eigenvalue weighted by molar-refractivity contribution is 7.96. The summed E-state index contributed by atoms with van der Waals surface area (Å²) in [6, 6.07) is 3.83. The Morgan fingerprint density at radius 2 is 2.22 bits per heavy atom. The van der Waals surface area contributed by atoms with E-state index in [1.807, 2.05) is 0 Å². The van der Waals surface area contributed by atoms with Crippen LogP contribution in [0.2, 0.25) is 0 Å². The first kappa shape index (κ1) is 17.6. The number of hydrogen-bond acceptors (Lipinski definition) is 4. The Morgan fingerprint density at radius 3 is 2.83 bits per heavy atom. The molecule has 0 aromatic heterocycles. The Balaban J connectivity index is 2.10. The van der Waals surface area contributed by atoms with Crippen LogP contribution in [0.25, 0.3) is 0 Å². The van der Waals surface area contributed by atoms with Crippen LogP contribution >= 0.6 is 24.8 Å². The number of rotatable bonds is 5. The molecule has 1 aliphatic rings. The van der Waals surface area contributed by atoms with E-state index in [2.05, 4.69) is 23.3 Å². The molecule has 1 aromatic carbocycles. The molecule has 1 fully saturated rings. The molecule has 2 rings (SSSR count). The predicted octanol–water partition coefficient (Wildman–Crippen LogP) is 2.15. The van der Waals surface area contributed by atoms with Gasteiger partial charge in [-0.1, -0.05) is 18.7 Å². The minimum atomic E-state index is -0.696. The summed E-state index contributed by atoms with van der Waals surface area (Å²) in [5.41, 5.74) is 1.28. The molecule has 0 spiro atoms. The first-order valence-electron chi connectivity index (χ1n) is 6.85. The van der Waals surface area contributed by atoms with Gasteiger partial charge in [-0.05, 0) is 31.0 Å². The molecule has 0 aliphatic carbocycles. The summed E-state index contributed by atoms with van der Waals surface area (Å²) in [5.74, 6) is -0.378. The second kappa shape index (κ2) is 7.69. The number of thiol groups is 1. The quantitative estimate of drug-likeness (QED) is 0.557. The number of halogens is 1. The number of anilines is 1. The number of aryl methyl sites for hydroxylation is 1. The number of nitrogens with zero attached hydrogens (tertiary/aromatic N) is 1. The van der Waals surface area contributed by atoms with E-state index in [0.29, 0.717) is 23.4 Å². The molecule has 2 unspecified atom stereocenters. The normalized spacial score (nSPS) is 20.2. The van der Waals surface area contributed by atoms with Gasteiger partial charge in [0.05, 0.1) is 12.1 Å². The van der Waals surface area contributed by atoms with E-state index in [0.717, 1.165) is 5.56 Å². The fraction of sp³-hybridized carbons (Fsp3) is 0.357. The van der Waals surface area contributed by atoms with Crippen molar-refractivity contribution in [2.24, 2.45) is 0 Å². The van der Waals surface area contributed by atoms with Gasteiger partial charge >= 0.3 is 0 Å². The van der Waals surface area contributed by atoms with Gasteiger partial charge in [0.2, 0.25) is 12.3 Å². The zero-order chi connectivity index (χ0) is 17.0. The van der Waals surface area contributed by atoms with Gasteiger partial charge in [0.1, 0.15) is 6.04 Å². The topological polar surface area (TPSA) is 78.5 Å². The molecule has 6 nitrogen and oxygen atoms in total. The second-order valence-corrected chi connectivity index (χ2v) is 6.28. The molecule has 0 radical (unpaired) electrons. The van der Waals surface area contributed by atoms with Gasteiger partial charge in [-0.25, -0.2) is 0 Å². The van der Waals surface area contributed by atoms with Crippen molar-refractivity contribution in [2.75, 3.05) is 11.9 Å². The second-order valence-electron chi connectivity index (χ2n) is 5.24. The lowest BCUT2D eigenvalue weighted by Crippen LogP contribution is -2.38. The highest BCUT2D eigenvalue weighted by Crippen LogP contribution is 2.26. The third-order valence-corrected chi connectivity index (χ3v) is 4.22. The van der Waals surface area contributed by atoms with Crippen molar-refractivity contribution in [3.8, 4) is 0 Å². The molecule has 1 aliphatic heterocycles. The summed E-state index contributed by atoms with van der Waals surface area (Å²) in [6.45, 7) is 2.03. The van der Waals surface area contributed by atoms with E-state index in [4.69, 9.17) is 0 Å². The SMILES string of the molecule is Cc1ccc(SF)cc1NC(=O)C1CC(NC(=O)S)CN1C=O. The molecular formula is C14H16FN3O3S2. The maximum absolute atomic E-state index is 12.7. The predicted molar refractivity (Wildman–Crippen MR) is 89.3 cm³/mol. The molecule has 2 atom stereocenters. The van der Waals surface area contributed by atoms with Gasteiger partial charge in [-0.3, -0.25) is 14.4 Å². The largest absolute Gasteiger partial charge is 0.343 e. The summed E-state index contributed by atoms with van der Waals surface area (Å²) < 4.78 is 12.7. The Bertz CT molecular complexity index is 629. The van der Waals surface area contributed by atoms with E-state index < -0.39 is 11.3 Å². The van der Waals surface area contributed by atoms with Gasteiger partial charge in [0.15, 0.2) is 0 Å². The van der Waals surface area contributed by atoms with E-state index in [-0.39, 0.29) is 30.6 Å². The summed E-state index contributed by atoms with van der Waals surface area (Å²) in [5, 5.41) is 4.78. The number of carbonyl (C=O) groups excluding carboxylic acids is 3. The smallest absolute Gasteiger partial charge is 0.276 e. The molecule has 23 heavy (non-hydrogen) atoms. The lowest BCUT2D eigenvalue weighted by molar-refractivity contribution is -0.127. The van der Waals surface area contributed by atoms with Gasteiger partial charge < -0.3 is 15.5 Å². The first-order valence-corrected chi connectivity index (χ1v) is 8.01. The lowest BCUT2D eigenvalue weighted by atomic mass is 10.1. The van der Waals surface area contributed by atoms with Crippen molar-refractivity contribution in [2.45, 2.75) is 30.3 Å². The van der Waals surface area contributed by atoms with E-state index >= 15 is 0 Å². The van der Waals surface area contributed by atoms with Crippen LogP contribution in [0.5, 0.6) is 0 Å². The van der Waals surface area contributed by atoms with Crippen molar-refractivity contribution in [1.29, 1.82) is 0 Å². The molecule has 3 amide bonds. The highest BCUT2D eigenvalue weighted by atomic mass is 32.2. The zero-order valence-electron chi connectivity index (χ0n) is 12.3. The Morgan fingerprint density at radius 1 is 1.48 bits per heavy atom. The van der Waals surface area contributed by atoms with E-state index in [1.165, 1.54) is 11.0 Å². The van der Waals surface area contributed by atoms with E-state index in [9.17, 15) is 18.3 Å². The monoisotopic (exact) mass is 357 g/mol. The third-order valence-electron chi connectivity index (χ3n) is 3.66. The van der Waals surface area contributed by atoms with Crippen LogP contribution in [0, 0.1) is 6.92 Å². The molecule has 1 saturated heterocycles. The number of benzene rings is 1. The van der Waals surface area contributed by atoms with Crippen LogP contribution in [0.3, 0.4) is 0 Å². The Labute approximate surface area is 142 Å². The molecule has 124 valence electrons. The molecule has 2 N–H and O–H groups in total. The minimum Gasteiger partial charge on any atom is -0.343 e. The summed E-state index contributed by atoms with van der Waals surface area (Å²) in [6.07, 6.45) is 0.878. The standard InChI is InChI=1S/C14H16FN3O3S2/c1-8-2-3-10(23-15)5-11(8)17-13(20)12-4-9(16-14(21)22)6-18(12)7-19/h2-3,5,7,9,12H,4,6H2,1H3,(H,17,20)(H2,16,21,22). The van der Waals surface area contributed by atoms with Crippen molar-refractivity contribution >= 4 is 48.0 Å². The number of amides is 3. The average Bonchev–Trinajstić information content (AvgIpc) is 2.91. The van der Waals surface area contributed by atoms with Gasteiger partial charge in [0, 0.05) is 23.2 Å². The molecular weight excluding hydrogens is 341 g/mol. The maximum Gasteiger partial charge on any atom is 0.276 e. The number of hydrogen-bond donors (Lipinski definition) is 3. The highest BCUT2D eigenvalue weighted by Gasteiger charge is 2.36.